The molecule has 34 heavy (non-hydrogen) atoms. The third-order valence-electron chi connectivity index (χ3n) is 6.26. The maximum atomic E-state index is 13.4. The van der Waals surface area contributed by atoms with Gasteiger partial charge in [-0.3, -0.25) is 4.79 Å². The highest BCUT2D eigenvalue weighted by atomic mass is 16.4. The number of rotatable bonds is 6. The zero-order valence-electron chi connectivity index (χ0n) is 19.9. The van der Waals surface area contributed by atoms with Crippen molar-refractivity contribution in [1.29, 1.82) is 0 Å². The van der Waals surface area contributed by atoms with Crippen LogP contribution in [0.4, 0.5) is 0 Å². The van der Waals surface area contributed by atoms with Gasteiger partial charge in [0.25, 0.3) is 11.8 Å². The molecule has 1 aliphatic rings. The van der Waals surface area contributed by atoms with E-state index in [2.05, 4.69) is 42.2 Å². The molecular formula is C27H29N5O2. The molecule has 0 N–H and O–H groups in total. The number of benzene rings is 2. The molecule has 0 spiro atoms. The monoisotopic (exact) mass is 455 g/mol. The van der Waals surface area contributed by atoms with Crippen LogP contribution in [-0.2, 0) is 19.4 Å². The van der Waals surface area contributed by atoms with Gasteiger partial charge >= 0.3 is 0 Å². The van der Waals surface area contributed by atoms with E-state index < -0.39 is 0 Å². The van der Waals surface area contributed by atoms with Gasteiger partial charge in [-0.25, -0.2) is 4.68 Å². The minimum absolute atomic E-state index is 0.0417. The normalized spacial score (nSPS) is 13.4. The Labute approximate surface area is 199 Å². The number of aryl methyl sites for hydroxylation is 2. The zero-order valence-corrected chi connectivity index (χ0v) is 19.9. The van der Waals surface area contributed by atoms with Gasteiger partial charge in [-0.05, 0) is 60.6 Å². The Hall–Kier alpha value is -3.74. The van der Waals surface area contributed by atoms with Gasteiger partial charge in [0.15, 0.2) is 0 Å². The van der Waals surface area contributed by atoms with E-state index in [9.17, 15) is 4.79 Å². The summed E-state index contributed by atoms with van der Waals surface area (Å²) in [5, 5.41) is 12.8. The molecule has 0 atom stereocenters. The molecule has 1 amide bonds. The summed E-state index contributed by atoms with van der Waals surface area (Å²) in [6, 6.07) is 18.1. The van der Waals surface area contributed by atoms with Crippen molar-refractivity contribution < 1.29 is 9.21 Å². The fraction of sp³-hybridized carbons (Fsp3) is 0.333. The van der Waals surface area contributed by atoms with E-state index >= 15 is 0 Å². The lowest BCUT2D eigenvalue weighted by atomic mass is 9.99. The molecule has 5 rings (SSSR count). The van der Waals surface area contributed by atoms with Crippen LogP contribution in [0.1, 0.15) is 53.3 Å². The fourth-order valence-corrected chi connectivity index (χ4v) is 4.38. The number of fused-ring (bicyclic) bond motifs is 1. The van der Waals surface area contributed by atoms with Crippen molar-refractivity contribution in [1.82, 2.24) is 24.9 Å². The molecule has 4 aromatic rings. The molecule has 7 nitrogen and oxygen atoms in total. The summed E-state index contributed by atoms with van der Waals surface area (Å²) in [7, 11) is 0. The Morgan fingerprint density at radius 1 is 1.06 bits per heavy atom. The number of aromatic nitrogens is 4. The molecule has 2 aromatic heterocycles. The SMILES string of the molecule is Cc1nnc(-c2cc(CCC(C)C)n(-c3cccc(C(=O)N4CCc5ccccc5C4)c3)n2)o1. The van der Waals surface area contributed by atoms with Gasteiger partial charge in [-0.15, -0.1) is 10.2 Å². The van der Waals surface area contributed by atoms with Gasteiger partial charge < -0.3 is 9.32 Å². The van der Waals surface area contributed by atoms with Crippen molar-refractivity contribution in [3.63, 3.8) is 0 Å². The van der Waals surface area contributed by atoms with E-state index in [1.54, 1.807) is 6.92 Å². The minimum Gasteiger partial charge on any atom is -0.420 e. The van der Waals surface area contributed by atoms with Crippen LogP contribution in [0.15, 0.2) is 59.0 Å². The van der Waals surface area contributed by atoms with E-state index in [4.69, 9.17) is 9.52 Å². The van der Waals surface area contributed by atoms with Crippen LogP contribution >= 0.6 is 0 Å². The van der Waals surface area contributed by atoms with E-state index in [1.165, 1.54) is 11.1 Å². The summed E-state index contributed by atoms with van der Waals surface area (Å²) < 4.78 is 7.51. The average molecular weight is 456 g/mol. The third-order valence-corrected chi connectivity index (χ3v) is 6.26. The number of hydrogen-bond donors (Lipinski definition) is 0. The van der Waals surface area contributed by atoms with Crippen LogP contribution in [0.3, 0.4) is 0 Å². The van der Waals surface area contributed by atoms with Crippen molar-refractivity contribution in [2.45, 2.75) is 46.6 Å². The van der Waals surface area contributed by atoms with Crippen molar-refractivity contribution in [2.75, 3.05) is 6.54 Å². The summed E-state index contributed by atoms with van der Waals surface area (Å²) in [5.41, 5.74) is 5.76. The first-order valence-corrected chi connectivity index (χ1v) is 11.8. The predicted molar refractivity (Wildman–Crippen MR) is 130 cm³/mol. The zero-order chi connectivity index (χ0) is 23.7. The molecule has 0 radical (unpaired) electrons. The standard InChI is InChI=1S/C27H29N5O2/c1-18(2)11-12-24-16-25(26-29-28-19(3)34-26)30-32(24)23-10-6-9-21(15-23)27(33)31-14-13-20-7-4-5-8-22(20)17-31/h4-10,15-16,18H,11-14,17H2,1-3H3. The van der Waals surface area contributed by atoms with Gasteiger partial charge in [-0.1, -0.05) is 44.2 Å². The quantitative estimate of drug-likeness (QED) is 0.408. The van der Waals surface area contributed by atoms with E-state index in [1.807, 2.05) is 46.0 Å². The highest BCUT2D eigenvalue weighted by molar-refractivity contribution is 5.95. The van der Waals surface area contributed by atoms with Crippen molar-refractivity contribution in [2.24, 2.45) is 5.92 Å². The molecule has 0 bridgehead atoms. The first-order valence-electron chi connectivity index (χ1n) is 11.8. The Kier molecular flexibility index (Phi) is 6.01. The van der Waals surface area contributed by atoms with Crippen LogP contribution in [0.25, 0.3) is 17.3 Å². The van der Waals surface area contributed by atoms with Crippen molar-refractivity contribution in [3.8, 4) is 17.3 Å². The van der Waals surface area contributed by atoms with Gasteiger partial charge in [-0.2, -0.15) is 5.10 Å². The van der Waals surface area contributed by atoms with Gasteiger partial charge in [0.2, 0.25) is 5.89 Å². The van der Waals surface area contributed by atoms with Crippen molar-refractivity contribution >= 4 is 5.91 Å². The van der Waals surface area contributed by atoms with Crippen molar-refractivity contribution in [3.05, 3.63) is 82.9 Å². The first kappa shape index (κ1) is 22.1. The van der Waals surface area contributed by atoms with Gasteiger partial charge in [0, 0.05) is 31.3 Å². The van der Waals surface area contributed by atoms with Crippen LogP contribution < -0.4 is 0 Å². The van der Waals surface area contributed by atoms with Crippen LogP contribution in [0, 0.1) is 12.8 Å². The van der Waals surface area contributed by atoms with E-state index in [0.29, 0.717) is 35.5 Å². The summed E-state index contributed by atoms with van der Waals surface area (Å²) in [5.74, 6) is 1.51. The minimum atomic E-state index is 0.0417. The lowest BCUT2D eigenvalue weighted by Crippen LogP contribution is -2.35. The molecule has 7 heteroatoms. The molecular weight excluding hydrogens is 426 g/mol. The van der Waals surface area contributed by atoms with Crippen LogP contribution in [0.5, 0.6) is 0 Å². The summed E-state index contributed by atoms with van der Waals surface area (Å²) in [6.45, 7) is 7.54. The van der Waals surface area contributed by atoms with E-state index in [-0.39, 0.29) is 5.91 Å². The Balaban J connectivity index is 1.45. The third kappa shape index (κ3) is 4.51. The maximum absolute atomic E-state index is 13.4. The summed E-state index contributed by atoms with van der Waals surface area (Å²) in [4.78, 5) is 15.3. The number of hydrogen-bond acceptors (Lipinski definition) is 5. The van der Waals surface area contributed by atoms with Gasteiger partial charge in [0.05, 0.1) is 5.69 Å². The fourth-order valence-electron chi connectivity index (χ4n) is 4.38. The molecule has 2 aromatic carbocycles. The topological polar surface area (TPSA) is 77.1 Å². The molecule has 1 aliphatic heterocycles. The number of nitrogens with zero attached hydrogens (tertiary/aromatic N) is 5. The summed E-state index contributed by atoms with van der Waals surface area (Å²) in [6.07, 6.45) is 2.77. The highest BCUT2D eigenvalue weighted by Crippen LogP contribution is 2.25. The Bertz CT molecular complexity index is 1320. The molecule has 0 fully saturated rings. The second-order valence-electron chi connectivity index (χ2n) is 9.29. The lowest BCUT2D eigenvalue weighted by Gasteiger charge is -2.29. The predicted octanol–water partition coefficient (Wildman–Crippen LogP) is 5.02. The molecule has 174 valence electrons. The smallest absolute Gasteiger partial charge is 0.268 e. The van der Waals surface area contributed by atoms with E-state index in [0.717, 1.165) is 37.2 Å². The number of carbonyl (C=O) groups excluding carboxylic acids is 1. The Morgan fingerprint density at radius 2 is 1.88 bits per heavy atom. The summed E-state index contributed by atoms with van der Waals surface area (Å²) >= 11 is 0. The number of carbonyl (C=O) groups is 1. The number of amides is 1. The second-order valence-corrected chi connectivity index (χ2v) is 9.29. The average Bonchev–Trinajstić information content (AvgIpc) is 3.48. The Morgan fingerprint density at radius 3 is 2.65 bits per heavy atom. The molecule has 0 aliphatic carbocycles. The van der Waals surface area contributed by atoms with Crippen LogP contribution in [-0.4, -0.2) is 37.3 Å². The van der Waals surface area contributed by atoms with Crippen LogP contribution in [0.2, 0.25) is 0 Å². The first-order chi connectivity index (χ1) is 16.5. The second kappa shape index (κ2) is 9.25. The van der Waals surface area contributed by atoms with Gasteiger partial charge in [0.1, 0.15) is 5.69 Å². The largest absolute Gasteiger partial charge is 0.420 e. The molecule has 0 unspecified atom stereocenters. The molecule has 3 heterocycles. The lowest BCUT2D eigenvalue weighted by molar-refractivity contribution is 0.0734. The highest BCUT2D eigenvalue weighted by Gasteiger charge is 2.22. The maximum Gasteiger partial charge on any atom is 0.268 e. The molecule has 0 saturated heterocycles. The molecule has 0 saturated carbocycles.